The van der Waals surface area contributed by atoms with Gasteiger partial charge in [0.1, 0.15) is 4.60 Å². The number of pyridine rings is 1. The summed E-state index contributed by atoms with van der Waals surface area (Å²) in [5.74, 6) is 0. The third-order valence-electron chi connectivity index (χ3n) is 1.68. The van der Waals surface area contributed by atoms with Crippen LogP contribution in [0.1, 0.15) is 18.9 Å². The molecular formula is C9H13BrN2. The molecule has 66 valence electrons. The first-order valence-corrected chi connectivity index (χ1v) is 4.84. The Morgan fingerprint density at radius 2 is 2.33 bits per heavy atom. The van der Waals surface area contributed by atoms with Crippen molar-refractivity contribution in [1.29, 1.82) is 0 Å². The van der Waals surface area contributed by atoms with Crippen molar-refractivity contribution in [3.8, 4) is 0 Å². The van der Waals surface area contributed by atoms with Crippen LogP contribution in [0.25, 0.3) is 0 Å². The van der Waals surface area contributed by atoms with Crippen molar-refractivity contribution < 1.29 is 0 Å². The molecule has 1 atom stereocenters. The number of aromatic nitrogens is 1. The van der Waals surface area contributed by atoms with E-state index in [1.807, 2.05) is 19.2 Å². The third-order valence-corrected chi connectivity index (χ3v) is 2.15. The van der Waals surface area contributed by atoms with E-state index < -0.39 is 0 Å². The maximum absolute atomic E-state index is 5.64. The predicted molar refractivity (Wildman–Crippen MR) is 53.9 cm³/mol. The van der Waals surface area contributed by atoms with Gasteiger partial charge in [-0.2, -0.15) is 0 Å². The Bertz CT molecular complexity index is 231. The van der Waals surface area contributed by atoms with Gasteiger partial charge in [-0.3, -0.25) is 0 Å². The van der Waals surface area contributed by atoms with Gasteiger partial charge in [0.15, 0.2) is 0 Å². The number of halogens is 1. The largest absolute Gasteiger partial charge is 0.328 e. The molecule has 0 saturated heterocycles. The summed E-state index contributed by atoms with van der Waals surface area (Å²) in [6.45, 7) is 2.02. The third kappa shape index (κ3) is 3.32. The number of nitrogens with two attached hydrogens (primary N) is 1. The lowest BCUT2D eigenvalue weighted by Gasteiger charge is -2.03. The highest BCUT2D eigenvalue weighted by atomic mass is 79.9. The minimum absolute atomic E-state index is 0.272. The SMILES string of the molecule is C[C@H](N)CCc1ccc(Br)nc1. The monoisotopic (exact) mass is 228 g/mol. The van der Waals surface area contributed by atoms with Gasteiger partial charge in [-0.05, 0) is 47.3 Å². The summed E-state index contributed by atoms with van der Waals surface area (Å²) >= 11 is 3.29. The van der Waals surface area contributed by atoms with Crippen LogP contribution in [0.3, 0.4) is 0 Å². The van der Waals surface area contributed by atoms with Crippen molar-refractivity contribution in [2.24, 2.45) is 5.73 Å². The van der Waals surface area contributed by atoms with E-state index in [1.165, 1.54) is 5.56 Å². The lowest BCUT2D eigenvalue weighted by atomic mass is 10.1. The minimum atomic E-state index is 0.272. The summed E-state index contributed by atoms with van der Waals surface area (Å²) < 4.78 is 0.882. The van der Waals surface area contributed by atoms with E-state index in [2.05, 4.69) is 27.0 Å². The van der Waals surface area contributed by atoms with Gasteiger partial charge < -0.3 is 5.73 Å². The van der Waals surface area contributed by atoms with Gasteiger partial charge in [0, 0.05) is 12.2 Å². The van der Waals surface area contributed by atoms with E-state index in [4.69, 9.17) is 5.73 Å². The second-order valence-electron chi connectivity index (χ2n) is 3.01. The second kappa shape index (κ2) is 4.58. The van der Waals surface area contributed by atoms with Crippen LogP contribution in [0, 0.1) is 0 Å². The summed E-state index contributed by atoms with van der Waals surface area (Å²) in [5.41, 5.74) is 6.89. The van der Waals surface area contributed by atoms with Crippen LogP contribution in [0.4, 0.5) is 0 Å². The molecule has 1 heterocycles. The molecule has 1 aromatic heterocycles. The first kappa shape index (κ1) is 9.68. The first-order valence-electron chi connectivity index (χ1n) is 4.04. The second-order valence-corrected chi connectivity index (χ2v) is 3.82. The Labute approximate surface area is 81.3 Å². The average Bonchev–Trinajstić information content (AvgIpc) is 2.03. The molecule has 0 aliphatic heterocycles. The summed E-state index contributed by atoms with van der Waals surface area (Å²) in [6, 6.07) is 4.30. The number of hydrogen-bond acceptors (Lipinski definition) is 2. The fraction of sp³-hybridized carbons (Fsp3) is 0.444. The quantitative estimate of drug-likeness (QED) is 0.806. The van der Waals surface area contributed by atoms with Crippen molar-refractivity contribution >= 4 is 15.9 Å². The lowest BCUT2D eigenvalue weighted by Crippen LogP contribution is -2.15. The van der Waals surface area contributed by atoms with Crippen molar-refractivity contribution in [3.05, 3.63) is 28.5 Å². The normalized spacial score (nSPS) is 12.9. The van der Waals surface area contributed by atoms with E-state index in [0.29, 0.717) is 0 Å². The van der Waals surface area contributed by atoms with Crippen LogP contribution in [0.5, 0.6) is 0 Å². The summed E-state index contributed by atoms with van der Waals surface area (Å²) in [6.07, 6.45) is 3.91. The highest BCUT2D eigenvalue weighted by molar-refractivity contribution is 9.10. The molecule has 0 spiro atoms. The molecule has 0 aliphatic carbocycles. The van der Waals surface area contributed by atoms with Crippen molar-refractivity contribution in [2.45, 2.75) is 25.8 Å². The molecular weight excluding hydrogens is 216 g/mol. The van der Waals surface area contributed by atoms with Crippen molar-refractivity contribution in [1.82, 2.24) is 4.98 Å². The molecule has 1 rings (SSSR count). The maximum atomic E-state index is 5.64. The standard InChI is InChI=1S/C9H13BrN2/c1-7(11)2-3-8-4-5-9(10)12-6-8/h4-7H,2-3,11H2,1H3/t7-/m0/s1. The molecule has 12 heavy (non-hydrogen) atoms. The molecule has 1 aromatic rings. The molecule has 2 nitrogen and oxygen atoms in total. The predicted octanol–water partition coefficient (Wildman–Crippen LogP) is 2.12. The van der Waals surface area contributed by atoms with Gasteiger partial charge in [-0.15, -0.1) is 0 Å². The van der Waals surface area contributed by atoms with Gasteiger partial charge in [0.25, 0.3) is 0 Å². The number of nitrogens with zero attached hydrogens (tertiary/aromatic N) is 1. The minimum Gasteiger partial charge on any atom is -0.328 e. The van der Waals surface area contributed by atoms with Crippen LogP contribution in [-0.2, 0) is 6.42 Å². The van der Waals surface area contributed by atoms with Crippen LogP contribution < -0.4 is 5.73 Å². The van der Waals surface area contributed by atoms with Crippen LogP contribution in [0.15, 0.2) is 22.9 Å². The summed E-state index contributed by atoms with van der Waals surface area (Å²) in [4.78, 5) is 4.13. The van der Waals surface area contributed by atoms with Gasteiger partial charge in [0.05, 0.1) is 0 Å². The van der Waals surface area contributed by atoms with E-state index in [9.17, 15) is 0 Å². The molecule has 0 unspecified atom stereocenters. The number of aryl methyl sites for hydroxylation is 1. The Morgan fingerprint density at radius 1 is 1.58 bits per heavy atom. The molecule has 3 heteroatoms. The molecule has 0 saturated carbocycles. The molecule has 0 aliphatic rings. The number of rotatable bonds is 3. The highest BCUT2D eigenvalue weighted by Gasteiger charge is 1.96. The highest BCUT2D eigenvalue weighted by Crippen LogP contribution is 2.08. The van der Waals surface area contributed by atoms with E-state index in [-0.39, 0.29) is 6.04 Å². The Kier molecular flexibility index (Phi) is 3.69. The van der Waals surface area contributed by atoms with E-state index >= 15 is 0 Å². The van der Waals surface area contributed by atoms with Gasteiger partial charge >= 0.3 is 0 Å². The zero-order valence-electron chi connectivity index (χ0n) is 7.13. The molecule has 2 N–H and O–H groups in total. The first-order chi connectivity index (χ1) is 5.68. The van der Waals surface area contributed by atoms with Gasteiger partial charge in [0.2, 0.25) is 0 Å². The topological polar surface area (TPSA) is 38.9 Å². The van der Waals surface area contributed by atoms with Crippen molar-refractivity contribution in [3.63, 3.8) is 0 Å². The Morgan fingerprint density at radius 3 is 2.83 bits per heavy atom. The summed E-state index contributed by atoms with van der Waals surface area (Å²) in [7, 11) is 0. The Hall–Kier alpha value is -0.410. The molecule has 0 bridgehead atoms. The fourth-order valence-corrected chi connectivity index (χ4v) is 1.18. The average molecular weight is 229 g/mol. The smallest absolute Gasteiger partial charge is 0.106 e. The molecule has 0 radical (unpaired) electrons. The summed E-state index contributed by atoms with van der Waals surface area (Å²) in [5, 5.41) is 0. The zero-order valence-corrected chi connectivity index (χ0v) is 8.71. The molecule has 0 amide bonds. The van der Waals surface area contributed by atoms with Crippen LogP contribution in [0.2, 0.25) is 0 Å². The number of hydrogen-bond donors (Lipinski definition) is 1. The fourth-order valence-electron chi connectivity index (χ4n) is 0.949. The van der Waals surface area contributed by atoms with Crippen LogP contribution >= 0.6 is 15.9 Å². The van der Waals surface area contributed by atoms with Gasteiger partial charge in [-0.1, -0.05) is 6.07 Å². The zero-order chi connectivity index (χ0) is 8.97. The van der Waals surface area contributed by atoms with Gasteiger partial charge in [-0.25, -0.2) is 4.98 Å². The van der Waals surface area contributed by atoms with E-state index in [0.717, 1.165) is 17.4 Å². The lowest BCUT2D eigenvalue weighted by molar-refractivity contribution is 0.665. The molecule has 0 aromatic carbocycles. The molecule has 0 fully saturated rings. The van der Waals surface area contributed by atoms with E-state index in [1.54, 1.807) is 0 Å². The Balaban J connectivity index is 2.48. The van der Waals surface area contributed by atoms with Crippen LogP contribution in [-0.4, -0.2) is 11.0 Å². The van der Waals surface area contributed by atoms with Crippen molar-refractivity contribution in [2.75, 3.05) is 0 Å². The maximum Gasteiger partial charge on any atom is 0.106 e.